The van der Waals surface area contributed by atoms with E-state index < -0.39 is 10.0 Å². The molecule has 0 spiro atoms. The van der Waals surface area contributed by atoms with Crippen LogP contribution in [0.25, 0.3) is 0 Å². The first-order valence-electron chi connectivity index (χ1n) is 10.1. The number of nitrogens with one attached hydrogen (secondary N) is 2. The minimum Gasteiger partial charge on any atom is -0.326 e. The highest BCUT2D eigenvalue weighted by molar-refractivity contribution is 7.89. The fourth-order valence-corrected chi connectivity index (χ4v) is 4.96. The standard InChI is InChI=1S/C22H27N3O4S/c1-17(26)23-19-6-5-7-20(16-19)24-22(27)13-10-18-8-11-21(12-9-18)30(28,29)25-14-3-2-4-15-25/h5-9,11-12,16H,2-4,10,13-15H2,1H3,(H,23,26)(H,24,27). The van der Waals surface area contributed by atoms with Crippen LogP contribution in [0.4, 0.5) is 11.4 Å². The number of carbonyl (C=O) groups excluding carboxylic acids is 2. The lowest BCUT2D eigenvalue weighted by molar-refractivity contribution is -0.116. The maximum Gasteiger partial charge on any atom is 0.243 e. The van der Waals surface area contributed by atoms with Crippen LogP contribution in [0, 0.1) is 0 Å². The van der Waals surface area contributed by atoms with Crippen LogP contribution in [-0.4, -0.2) is 37.6 Å². The molecule has 0 aromatic heterocycles. The molecule has 8 heteroatoms. The van der Waals surface area contributed by atoms with Gasteiger partial charge in [0.15, 0.2) is 0 Å². The molecule has 160 valence electrons. The van der Waals surface area contributed by atoms with E-state index in [0.29, 0.717) is 35.8 Å². The monoisotopic (exact) mass is 429 g/mol. The van der Waals surface area contributed by atoms with Gasteiger partial charge in [-0.2, -0.15) is 4.31 Å². The first kappa shape index (κ1) is 22.0. The smallest absolute Gasteiger partial charge is 0.243 e. The second-order valence-corrected chi connectivity index (χ2v) is 9.36. The minimum atomic E-state index is -3.44. The van der Waals surface area contributed by atoms with E-state index in [4.69, 9.17) is 0 Å². The summed E-state index contributed by atoms with van der Waals surface area (Å²) in [4.78, 5) is 23.7. The molecule has 1 fully saturated rings. The van der Waals surface area contributed by atoms with E-state index in [1.165, 1.54) is 6.92 Å². The second-order valence-electron chi connectivity index (χ2n) is 7.42. The molecular weight excluding hydrogens is 402 g/mol. The van der Waals surface area contributed by atoms with Crippen molar-refractivity contribution in [2.45, 2.75) is 43.9 Å². The normalized spacial score (nSPS) is 14.8. The van der Waals surface area contributed by atoms with E-state index in [1.807, 2.05) is 0 Å². The molecule has 1 saturated heterocycles. The van der Waals surface area contributed by atoms with Crippen molar-refractivity contribution in [2.75, 3.05) is 23.7 Å². The first-order valence-corrected chi connectivity index (χ1v) is 11.6. The summed E-state index contributed by atoms with van der Waals surface area (Å²) in [6.07, 6.45) is 3.65. The number of sulfonamides is 1. The molecule has 0 aliphatic carbocycles. The SMILES string of the molecule is CC(=O)Nc1cccc(NC(=O)CCc2ccc(S(=O)(=O)N3CCCCC3)cc2)c1. The van der Waals surface area contributed by atoms with E-state index in [-0.39, 0.29) is 18.2 Å². The summed E-state index contributed by atoms with van der Waals surface area (Å²) in [5.74, 6) is -0.329. The van der Waals surface area contributed by atoms with Gasteiger partial charge in [0.25, 0.3) is 0 Å². The third kappa shape index (κ3) is 5.90. The predicted octanol–water partition coefficient (Wildman–Crippen LogP) is 3.39. The number of aryl methyl sites for hydroxylation is 1. The number of hydrogen-bond acceptors (Lipinski definition) is 4. The summed E-state index contributed by atoms with van der Waals surface area (Å²) < 4.78 is 26.9. The number of benzene rings is 2. The molecule has 2 N–H and O–H groups in total. The largest absolute Gasteiger partial charge is 0.326 e. The number of rotatable bonds is 7. The maximum absolute atomic E-state index is 12.7. The van der Waals surface area contributed by atoms with Gasteiger partial charge in [-0.3, -0.25) is 9.59 Å². The summed E-state index contributed by atoms with van der Waals surface area (Å²) in [5, 5.41) is 5.49. The van der Waals surface area contributed by atoms with Crippen molar-refractivity contribution in [2.24, 2.45) is 0 Å². The first-order chi connectivity index (χ1) is 14.3. The Labute approximate surface area is 177 Å². The van der Waals surface area contributed by atoms with Gasteiger partial charge in [0, 0.05) is 37.8 Å². The van der Waals surface area contributed by atoms with Gasteiger partial charge in [0.05, 0.1) is 4.90 Å². The van der Waals surface area contributed by atoms with Gasteiger partial charge in [-0.05, 0) is 55.2 Å². The van der Waals surface area contributed by atoms with Crippen molar-refractivity contribution in [3.05, 3.63) is 54.1 Å². The zero-order valence-corrected chi connectivity index (χ0v) is 17.9. The van der Waals surface area contributed by atoms with Crippen molar-refractivity contribution >= 4 is 33.2 Å². The van der Waals surface area contributed by atoms with Crippen LogP contribution in [-0.2, 0) is 26.0 Å². The molecule has 2 aromatic carbocycles. The Morgan fingerprint density at radius 2 is 1.57 bits per heavy atom. The van der Waals surface area contributed by atoms with E-state index in [0.717, 1.165) is 24.8 Å². The van der Waals surface area contributed by atoms with Gasteiger partial charge >= 0.3 is 0 Å². The molecule has 1 heterocycles. The van der Waals surface area contributed by atoms with Gasteiger partial charge in [-0.25, -0.2) is 8.42 Å². The number of carbonyl (C=O) groups is 2. The molecule has 3 rings (SSSR count). The van der Waals surface area contributed by atoms with Crippen molar-refractivity contribution in [1.29, 1.82) is 0 Å². The average Bonchev–Trinajstić information content (AvgIpc) is 2.73. The van der Waals surface area contributed by atoms with E-state index in [1.54, 1.807) is 52.8 Å². The van der Waals surface area contributed by atoms with Crippen molar-refractivity contribution in [1.82, 2.24) is 4.31 Å². The highest BCUT2D eigenvalue weighted by Crippen LogP contribution is 2.21. The topological polar surface area (TPSA) is 95.6 Å². The fourth-order valence-electron chi connectivity index (χ4n) is 3.44. The zero-order valence-electron chi connectivity index (χ0n) is 17.1. The van der Waals surface area contributed by atoms with Crippen LogP contribution in [0.15, 0.2) is 53.4 Å². The average molecular weight is 430 g/mol. The third-order valence-corrected chi connectivity index (χ3v) is 6.90. The van der Waals surface area contributed by atoms with Crippen molar-refractivity contribution in [3.8, 4) is 0 Å². The Morgan fingerprint density at radius 3 is 2.20 bits per heavy atom. The van der Waals surface area contributed by atoms with E-state index >= 15 is 0 Å². The van der Waals surface area contributed by atoms with Crippen LogP contribution in [0.5, 0.6) is 0 Å². The van der Waals surface area contributed by atoms with Crippen molar-refractivity contribution in [3.63, 3.8) is 0 Å². The Kier molecular flexibility index (Phi) is 7.23. The van der Waals surface area contributed by atoms with Crippen LogP contribution >= 0.6 is 0 Å². The van der Waals surface area contributed by atoms with Gasteiger partial charge in [0.1, 0.15) is 0 Å². The van der Waals surface area contributed by atoms with Gasteiger partial charge < -0.3 is 10.6 Å². The Hall–Kier alpha value is -2.71. The summed E-state index contributed by atoms with van der Waals surface area (Å²) >= 11 is 0. The number of hydrogen-bond donors (Lipinski definition) is 2. The molecule has 30 heavy (non-hydrogen) atoms. The third-order valence-electron chi connectivity index (χ3n) is 4.98. The molecule has 0 bridgehead atoms. The highest BCUT2D eigenvalue weighted by atomic mass is 32.2. The Balaban J connectivity index is 1.55. The number of anilines is 2. The molecule has 2 amide bonds. The zero-order chi connectivity index (χ0) is 21.6. The molecule has 0 unspecified atom stereocenters. The Morgan fingerprint density at radius 1 is 0.933 bits per heavy atom. The lowest BCUT2D eigenvalue weighted by atomic mass is 10.1. The number of amides is 2. The van der Waals surface area contributed by atoms with Crippen LogP contribution < -0.4 is 10.6 Å². The summed E-state index contributed by atoms with van der Waals surface area (Å²) in [6.45, 7) is 2.58. The molecule has 2 aromatic rings. The minimum absolute atomic E-state index is 0.153. The van der Waals surface area contributed by atoms with Crippen LogP contribution in [0.1, 0.15) is 38.2 Å². The lowest BCUT2D eigenvalue weighted by Crippen LogP contribution is -2.35. The Bertz CT molecular complexity index is 997. The summed E-state index contributed by atoms with van der Waals surface area (Å²) in [7, 11) is -3.44. The van der Waals surface area contributed by atoms with Gasteiger partial charge in [-0.15, -0.1) is 0 Å². The summed E-state index contributed by atoms with van der Waals surface area (Å²) in [5.41, 5.74) is 2.12. The van der Waals surface area contributed by atoms with Crippen LogP contribution in [0.2, 0.25) is 0 Å². The number of piperidine rings is 1. The molecule has 0 radical (unpaired) electrons. The summed E-state index contributed by atoms with van der Waals surface area (Å²) in [6, 6.07) is 13.7. The molecule has 0 atom stereocenters. The quantitative estimate of drug-likeness (QED) is 0.705. The van der Waals surface area contributed by atoms with Gasteiger partial charge in [0.2, 0.25) is 21.8 Å². The lowest BCUT2D eigenvalue weighted by Gasteiger charge is -2.25. The molecular formula is C22H27N3O4S. The number of nitrogens with zero attached hydrogens (tertiary/aromatic N) is 1. The molecule has 1 aliphatic rings. The van der Waals surface area contributed by atoms with E-state index in [9.17, 15) is 18.0 Å². The molecule has 1 aliphatic heterocycles. The maximum atomic E-state index is 12.7. The van der Waals surface area contributed by atoms with Crippen LogP contribution in [0.3, 0.4) is 0 Å². The van der Waals surface area contributed by atoms with Gasteiger partial charge in [-0.1, -0.05) is 24.6 Å². The fraction of sp³-hybridized carbons (Fsp3) is 0.364. The molecule has 7 nitrogen and oxygen atoms in total. The predicted molar refractivity (Wildman–Crippen MR) is 117 cm³/mol. The highest BCUT2D eigenvalue weighted by Gasteiger charge is 2.25. The van der Waals surface area contributed by atoms with E-state index in [2.05, 4.69) is 10.6 Å². The molecule has 0 saturated carbocycles. The second kappa shape index (κ2) is 9.86. The van der Waals surface area contributed by atoms with Crippen molar-refractivity contribution < 1.29 is 18.0 Å².